The van der Waals surface area contributed by atoms with E-state index in [4.69, 9.17) is 0 Å². The molecule has 1 aromatic heterocycles. The average Bonchev–Trinajstić information content (AvgIpc) is 3.20. The van der Waals surface area contributed by atoms with Gasteiger partial charge in [0.05, 0.1) is 6.54 Å². The van der Waals surface area contributed by atoms with Crippen LogP contribution in [0.5, 0.6) is 0 Å². The van der Waals surface area contributed by atoms with Crippen LogP contribution in [0.4, 0.5) is 0 Å². The molecule has 1 heterocycles. The van der Waals surface area contributed by atoms with E-state index < -0.39 is 11.4 Å². The molecule has 0 aliphatic rings. The predicted octanol–water partition coefficient (Wildman–Crippen LogP) is 2.10. The number of hydrogen-bond donors (Lipinski definition) is 2. The fraction of sp³-hybridized carbons (Fsp3) is 0.200. The summed E-state index contributed by atoms with van der Waals surface area (Å²) in [4.78, 5) is 28.1. The smallest absolute Gasteiger partial charge is 0.315 e. The number of carbonyl (C=O) groups is 2. The molecule has 0 saturated carbocycles. The molecular formula is C20H20N4O3. The summed E-state index contributed by atoms with van der Waals surface area (Å²) in [7, 11) is 0. The van der Waals surface area contributed by atoms with Crippen LogP contribution in [0.25, 0.3) is 0 Å². The molecule has 7 heteroatoms. The maximum atomic E-state index is 12.4. The number of carbonyl (C=O) groups excluding carboxylic acids is 1. The highest BCUT2D eigenvalue weighted by atomic mass is 16.4. The van der Waals surface area contributed by atoms with Crippen molar-refractivity contribution in [2.75, 3.05) is 6.54 Å². The lowest BCUT2D eigenvalue weighted by atomic mass is 9.82. The van der Waals surface area contributed by atoms with Crippen LogP contribution in [-0.4, -0.2) is 38.3 Å². The summed E-state index contributed by atoms with van der Waals surface area (Å²) in [5.74, 6) is -1.30. The number of amides is 1. The second-order valence-electron chi connectivity index (χ2n) is 6.48. The molecular weight excluding hydrogens is 344 g/mol. The molecule has 1 unspecified atom stereocenters. The van der Waals surface area contributed by atoms with E-state index in [0.29, 0.717) is 17.7 Å². The standard InChI is InChI=1S/C20H20N4O3/c1-20(19(26)27,17-5-3-2-4-6-17)12-22-18(25)16-9-7-15(8-10-16)11-24-14-21-13-23-24/h2-10,13-14H,11-12H2,1H3,(H,22,25)(H,26,27). The van der Waals surface area contributed by atoms with Crippen LogP contribution in [0.3, 0.4) is 0 Å². The van der Waals surface area contributed by atoms with E-state index in [1.807, 2.05) is 18.2 Å². The van der Waals surface area contributed by atoms with Crippen molar-refractivity contribution in [2.45, 2.75) is 18.9 Å². The van der Waals surface area contributed by atoms with E-state index in [0.717, 1.165) is 5.56 Å². The number of nitrogens with one attached hydrogen (secondary N) is 1. The average molecular weight is 364 g/mol. The lowest BCUT2D eigenvalue weighted by Gasteiger charge is -2.25. The molecule has 0 radical (unpaired) electrons. The fourth-order valence-electron chi connectivity index (χ4n) is 2.73. The fourth-order valence-corrected chi connectivity index (χ4v) is 2.73. The van der Waals surface area contributed by atoms with Crippen LogP contribution in [0.1, 0.15) is 28.4 Å². The molecule has 1 amide bonds. The number of carboxylic acid groups (broad SMARTS) is 1. The minimum absolute atomic E-state index is 0.00805. The third-order valence-electron chi connectivity index (χ3n) is 4.51. The van der Waals surface area contributed by atoms with Crippen molar-refractivity contribution >= 4 is 11.9 Å². The molecule has 27 heavy (non-hydrogen) atoms. The maximum Gasteiger partial charge on any atom is 0.315 e. The van der Waals surface area contributed by atoms with Gasteiger partial charge in [-0.15, -0.1) is 0 Å². The Morgan fingerprint density at radius 3 is 2.41 bits per heavy atom. The third-order valence-corrected chi connectivity index (χ3v) is 4.51. The molecule has 2 aromatic carbocycles. The first-order valence-electron chi connectivity index (χ1n) is 8.47. The summed E-state index contributed by atoms with van der Waals surface area (Å²) in [6.07, 6.45) is 3.09. The molecule has 138 valence electrons. The van der Waals surface area contributed by atoms with Gasteiger partial charge in [0.15, 0.2) is 0 Å². The Labute approximate surface area is 156 Å². The Morgan fingerprint density at radius 2 is 1.81 bits per heavy atom. The van der Waals surface area contributed by atoms with Crippen LogP contribution in [0, 0.1) is 0 Å². The number of benzene rings is 2. The van der Waals surface area contributed by atoms with Crippen molar-refractivity contribution < 1.29 is 14.7 Å². The van der Waals surface area contributed by atoms with Crippen molar-refractivity contribution in [3.05, 3.63) is 83.9 Å². The number of rotatable bonds is 7. The van der Waals surface area contributed by atoms with Crippen LogP contribution >= 0.6 is 0 Å². The molecule has 2 N–H and O–H groups in total. The van der Waals surface area contributed by atoms with E-state index in [2.05, 4.69) is 15.4 Å². The Morgan fingerprint density at radius 1 is 1.11 bits per heavy atom. The summed E-state index contributed by atoms with van der Waals surface area (Å²) >= 11 is 0. The molecule has 0 saturated heterocycles. The minimum atomic E-state index is -1.20. The summed E-state index contributed by atoms with van der Waals surface area (Å²) in [6, 6.07) is 16.0. The molecule has 0 fully saturated rings. The largest absolute Gasteiger partial charge is 0.481 e. The van der Waals surface area contributed by atoms with Gasteiger partial charge >= 0.3 is 5.97 Å². The first kappa shape index (κ1) is 18.3. The molecule has 3 aromatic rings. The summed E-state index contributed by atoms with van der Waals surface area (Å²) in [5, 5.41) is 16.4. The van der Waals surface area contributed by atoms with Gasteiger partial charge in [-0.2, -0.15) is 5.10 Å². The normalized spacial score (nSPS) is 12.9. The van der Waals surface area contributed by atoms with Gasteiger partial charge in [0.1, 0.15) is 18.1 Å². The summed E-state index contributed by atoms with van der Waals surface area (Å²) < 4.78 is 1.69. The van der Waals surface area contributed by atoms with Crippen LogP contribution in [0.2, 0.25) is 0 Å². The van der Waals surface area contributed by atoms with Crippen molar-refractivity contribution in [1.82, 2.24) is 20.1 Å². The first-order valence-corrected chi connectivity index (χ1v) is 8.47. The molecule has 7 nitrogen and oxygen atoms in total. The molecule has 0 aliphatic carbocycles. The van der Waals surface area contributed by atoms with Gasteiger partial charge in [-0.3, -0.25) is 9.59 Å². The molecule has 3 rings (SSSR count). The zero-order valence-electron chi connectivity index (χ0n) is 14.9. The number of aromatic nitrogens is 3. The molecule has 0 spiro atoms. The third kappa shape index (κ3) is 4.20. The molecule has 0 bridgehead atoms. The van der Waals surface area contributed by atoms with Crippen LogP contribution in [0.15, 0.2) is 67.3 Å². The second kappa shape index (κ2) is 7.82. The lowest BCUT2D eigenvalue weighted by Crippen LogP contribution is -2.44. The predicted molar refractivity (Wildman–Crippen MR) is 99.3 cm³/mol. The van der Waals surface area contributed by atoms with E-state index in [-0.39, 0.29) is 12.5 Å². The Kier molecular flexibility index (Phi) is 5.30. The van der Waals surface area contributed by atoms with Crippen molar-refractivity contribution in [2.24, 2.45) is 0 Å². The number of nitrogens with zero attached hydrogens (tertiary/aromatic N) is 3. The van der Waals surface area contributed by atoms with Crippen molar-refractivity contribution in [3.8, 4) is 0 Å². The quantitative estimate of drug-likeness (QED) is 0.669. The van der Waals surface area contributed by atoms with Crippen LogP contribution < -0.4 is 5.32 Å². The summed E-state index contributed by atoms with van der Waals surface area (Å²) in [5.41, 5.74) is 0.889. The lowest BCUT2D eigenvalue weighted by molar-refractivity contribution is -0.142. The van der Waals surface area contributed by atoms with Crippen molar-refractivity contribution in [3.63, 3.8) is 0 Å². The van der Waals surface area contributed by atoms with Gasteiger partial charge in [0.25, 0.3) is 5.91 Å². The van der Waals surface area contributed by atoms with E-state index in [1.54, 1.807) is 54.3 Å². The highest BCUT2D eigenvalue weighted by molar-refractivity contribution is 5.95. The Hall–Kier alpha value is -3.48. The van der Waals surface area contributed by atoms with E-state index >= 15 is 0 Å². The molecule has 1 atom stereocenters. The monoisotopic (exact) mass is 364 g/mol. The van der Waals surface area contributed by atoms with Crippen LogP contribution in [-0.2, 0) is 16.8 Å². The van der Waals surface area contributed by atoms with Gasteiger partial charge in [-0.25, -0.2) is 9.67 Å². The zero-order chi connectivity index (χ0) is 19.3. The number of carboxylic acids is 1. The Balaban J connectivity index is 1.66. The van der Waals surface area contributed by atoms with Gasteiger partial charge in [0.2, 0.25) is 0 Å². The topological polar surface area (TPSA) is 97.1 Å². The highest BCUT2D eigenvalue weighted by Crippen LogP contribution is 2.23. The second-order valence-corrected chi connectivity index (χ2v) is 6.48. The summed E-state index contributed by atoms with van der Waals surface area (Å²) in [6.45, 7) is 2.16. The van der Waals surface area contributed by atoms with E-state index in [1.165, 1.54) is 6.33 Å². The highest BCUT2D eigenvalue weighted by Gasteiger charge is 2.35. The minimum Gasteiger partial charge on any atom is -0.481 e. The zero-order valence-corrected chi connectivity index (χ0v) is 14.9. The molecule has 0 aliphatic heterocycles. The number of hydrogen-bond acceptors (Lipinski definition) is 4. The van der Waals surface area contributed by atoms with Crippen molar-refractivity contribution in [1.29, 1.82) is 0 Å². The van der Waals surface area contributed by atoms with Gasteiger partial charge < -0.3 is 10.4 Å². The number of aliphatic carboxylic acids is 1. The van der Waals surface area contributed by atoms with Gasteiger partial charge in [0, 0.05) is 12.1 Å². The Bertz CT molecular complexity index is 908. The van der Waals surface area contributed by atoms with Gasteiger partial charge in [-0.1, -0.05) is 42.5 Å². The van der Waals surface area contributed by atoms with E-state index in [9.17, 15) is 14.7 Å². The maximum absolute atomic E-state index is 12.4. The SMILES string of the molecule is CC(CNC(=O)c1ccc(Cn2cncn2)cc1)(C(=O)O)c1ccccc1. The first-order chi connectivity index (χ1) is 13.0. The van der Waals surface area contributed by atoms with Gasteiger partial charge in [-0.05, 0) is 30.2 Å².